The van der Waals surface area contributed by atoms with Gasteiger partial charge in [0.1, 0.15) is 5.75 Å². The summed E-state index contributed by atoms with van der Waals surface area (Å²) in [7, 11) is 1.55. The summed E-state index contributed by atoms with van der Waals surface area (Å²) in [6.45, 7) is 1.88. The number of nitrogens with two attached hydrogens (primary N) is 1. The van der Waals surface area contributed by atoms with Gasteiger partial charge >= 0.3 is 0 Å². The van der Waals surface area contributed by atoms with E-state index in [1.54, 1.807) is 13.2 Å². The molecule has 0 aliphatic rings. The maximum absolute atomic E-state index is 11.0. The number of hydrogen-bond acceptors (Lipinski definition) is 2. The Morgan fingerprint density at radius 3 is 2.62 bits per heavy atom. The minimum atomic E-state index is -0.464. The second kappa shape index (κ2) is 3.79. The van der Waals surface area contributed by atoms with Crippen LogP contribution >= 0.6 is 15.9 Å². The number of aryl methyl sites for hydroxylation is 1. The van der Waals surface area contributed by atoms with Gasteiger partial charge < -0.3 is 10.5 Å². The molecule has 1 rings (SSSR count). The van der Waals surface area contributed by atoms with Crippen molar-refractivity contribution in [2.24, 2.45) is 5.73 Å². The van der Waals surface area contributed by atoms with Crippen LogP contribution in [0.5, 0.6) is 5.75 Å². The number of rotatable bonds is 2. The molecule has 3 nitrogen and oxygen atoms in total. The van der Waals surface area contributed by atoms with E-state index in [1.807, 2.05) is 13.0 Å². The van der Waals surface area contributed by atoms with E-state index in [2.05, 4.69) is 15.9 Å². The molecule has 0 spiro atoms. The number of carbonyl (C=O) groups is 1. The highest BCUT2D eigenvalue weighted by atomic mass is 79.9. The van der Waals surface area contributed by atoms with Crippen molar-refractivity contribution in [2.45, 2.75) is 6.92 Å². The summed E-state index contributed by atoms with van der Waals surface area (Å²) in [5.74, 6) is 0.155. The first kappa shape index (κ1) is 10.1. The van der Waals surface area contributed by atoms with Crippen LogP contribution in [0.25, 0.3) is 0 Å². The third-order valence-corrected chi connectivity index (χ3v) is 2.49. The number of carbonyl (C=O) groups excluding carboxylic acids is 1. The predicted molar refractivity (Wildman–Crippen MR) is 53.9 cm³/mol. The molecule has 13 heavy (non-hydrogen) atoms. The molecule has 1 aromatic carbocycles. The average molecular weight is 244 g/mol. The topological polar surface area (TPSA) is 52.3 Å². The number of hydrogen-bond donors (Lipinski definition) is 1. The van der Waals surface area contributed by atoms with Gasteiger partial charge in [-0.3, -0.25) is 4.79 Å². The minimum Gasteiger partial charge on any atom is -0.496 e. The van der Waals surface area contributed by atoms with E-state index < -0.39 is 5.91 Å². The monoisotopic (exact) mass is 243 g/mol. The van der Waals surface area contributed by atoms with Gasteiger partial charge in [-0.15, -0.1) is 0 Å². The highest BCUT2D eigenvalue weighted by Crippen LogP contribution is 2.29. The molecule has 0 radical (unpaired) electrons. The first-order valence-electron chi connectivity index (χ1n) is 3.70. The van der Waals surface area contributed by atoms with Crippen LogP contribution in [0.15, 0.2) is 16.6 Å². The molecule has 1 amide bonds. The molecular weight excluding hydrogens is 234 g/mol. The van der Waals surface area contributed by atoms with E-state index in [0.717, 1.165) is 5.56 Å². The van der Waals surface area contributed by atoms with Gasteiger partial charge in [-0.25, -0.2) is 0 Å². The Hall–Kier alpha value is -1.03. The normalized spacial score (nSPS) is 9.77. The van der Waals surface area contributed by atoms with Crippen LogP contribution in [0.4, 0.5) is 0 Å². The summed E-state index contributed by atoms with van der Waals surface area (Å²) in [4.78, 5) is 11.0. The summed E-state index contributed by atoms with van der Waals surface area (Å²) >= 11 is 3.25. The molecule has 0 aliphatic heterocycles. The fraction of sp³-hybridized carbons (Fsp3) is 0.222. The van der Waals surface area contributed by atoms with Crippen LogP contribution in [-0.2, 0) is 0 Å². The second-order valence-electron chi connectivity index (χ2n) is 2.69. The molecule has 0 fully saturated rings. The first-order chi connectivity index (χ1) is 6.06. The molecule has 0 atom stereocenters. The Balaban J connectivity index is 3.35. The zero-order chi connectivity index (χ0) is 10.0. The van der Waals surface area contributed by atoms with Crippen molar-refractivity contribution < 1.29 is 9.53 Å². The third-order valence-electron chi connectivity index (χ3n) is 1.67. The number of benzene rings is 1. The molecule has 2 N–H and O–H groups in total. The Bertz CT molecular complexity index is 350. The second-order valence-corrected chi connectivity index (χ2v) is 3.49. The average Bonchev–Trinajstić information content (AvgIpc) is 2.08. The van der Waals surface area contributed by atoms with Gasteiger partial charge in [0, 0.05) is 0 Å². The number of halogens is 1. The zero-order valence-electron chi connectivity index (χ0n) is 7.43. The molecule has 0 saturated heterocycles. The van der Waals surface area contributed by atoms with Crippen LogP contribution in [-0.4, -0.2) is 13.0 Å². The lowest BCUT2D eigenvalue weighted by Crippen LogP contribution is -2.12. The van der Waals surface area contributed by atoms with Gasteiger partial charge in [-0.1, -0.05) is 0 Å². The molecule has 0 heterocycles. The molecule has 4 heteroatoms. The van der Waals surface area contributed by atoms with Crippen molar-refractivity contribution in [2.75, 3.05) is 7.11 Å². The van der Waals surface area contributed by atoms with E-state index in [9.17, 15) is 4.79 Å². The largest absolute Gasteiger partial charge is 0.496 e. The van der Waals surface area contributed by atoms with Crippen molar-refractivity contribution in [1.82, 2.24) is 0 Å². The number of methoxy groups -OCH3 is 1. The van der Waals surface area contributed by atoms with Crippen LogP contribution in [0, 0.1) is 6.92 Å². The molecule has 0 bridgehead atoms. The molecule has 0 aliphatic carbocycles. The quantitative estimate of drug-likeness (QED) is 0.863. The van der Waals surface area contributed by atoms with E-state index in [1.165, 1.54) is 0 Å². The summed E-state index contributed by atoms with van der Waals surface area (Å²) in [6.07, 6.45) is 0. The van der Waals surface area contributed by atoms with Gasteiger partial charge in [0.25, 0.3) is 0 Å². The van der Waals surface area contributed by atoms with E-state index in [0.29, 0.717) is 15.8 Å². The molecule has 1 aromatic rings. The van der Waals surface area contributed by atoms with E-state index in [4.69, 9.17) is 10.5 Å². The van der Waals surface area contributed by atoms with Crippen molar-refractivity contribution >= 4 is 21.8 Å². The fourth-order valence-electron chi connectivity index (χ4n) is 1.06. The Labute approximate surface area is 85.0 Å². The maximum atomic E-state index is 11.0. The summed E-state index contributed by atoms with van der Waals surface area (Å²) < 4.78 is 5.67. The van der Waals surface area contributed by atoms with Crippen LogP contribution in [0.2, 0.25) is 0 Å². The van der Waals surface area contributed by atoms with Gasteiger partial charge in [-0.2, -0.15) is 0 Å². The van der Waals surface area contributed by atoms with E-state index in [-0.39, 0.29) is 0 Å². The maximum Gasteiger partial charge on any atom is 0.249 e. The highest BCUT2D eigenvalue weighted by Gasteiger charge is 2.11. The summed E-state index contributed by atoms with van der Waals surface area (Å²) in [5.41, 5.74) is 6.56. The third kappa shape index (κ3) is 2.01. The van der Waals surface area contributed by atoms with Gasteiger partial charge in [-0.05, 0) is 40.5 Å². The highest BCUT2D eigenvalue weighted by molar-refractivity contribution is 9.10. The molecule has 0 aromatic heterocycles. The standard InChI is InChI=1S/C9H10BrNO2/c1-5-3-6(9(11)12)8(10)7(4-5)13-2/h3-4H,1-2H3,(H2,11,12). The lowest BCUT2D eigenvalue weighted by Gasteiger charge is -2.07. The van der Waals surface area contributed by atoms with Crippen molar-refractivity contribution in [3.05, 3.63) is 27.7 Å². The number of ether oxygens (including phenoxy) is 1. The van der Waals surface area contributed by atoms with Crippen molar-refractivity contribution in [3.8, 4) is 5.75 Å². The van der Waals surface area contributed by atoms with Crippen molar-refractivity contribution in [1.29, 1.82) is 0 Å². The predicted octanol–water partition coefficient (Wildman–Crippen LogP) is 1.87. The zero-order valence-corrected chi connectivity index (χ0v) is 9.01. The van der Waals surface area contributed by atoms with Gasteiger partial charge in [0.05, 0.1) is 17.1 Å². The first-order valence-corrected chi connectivity index (χ1v) is 4.49. The Morgan fingerprint density at radius 2 is 2.15 bits per heavy atom. The molecule has 0 saturated carbocycles. The fourth-order valence-corrected chi connectivity index (χ4v) is 1.65. The summed E-state index contributed by atoms with van der Waals surface area (Å²) in [5, 5.41) is 0. The molecule has 0 unspecified atom stereocenters. The lowest BCUT2D eigenvalue weighted by atomic mass is 10.1. The molecule has 70 valence electrons. The molecular formula is C9H10BrNO2. The Morgan fingerprint density at radius 1 is 1.54 bits per heavy atom. The SMILES string of the molecule is COc1cc(C)cc(C(N)=O)c1Br. The van der Waals surface area contributed by atoms with E-state index >= 15 is 0 Å². The van der Waals surface area contributed by atoms with Crippen LogP contribution in [0.1, 0.15) is 15.9 Å². The minimum absolute atomic E-state index is 0.442. The lowest BCUT2D eigenvalue weighted by molar-refractivity contribution is 0.0999. The smallest absolute Gasteiger partial charge is 0.249 e. The van der Waals surface area contributed by atoms with Gasteiger partial charge in [0.15, 0.2) is 0 Å². The van der Waals surface area contributed by atoms with Crippen molar-refractivity contribution in [3.63, 3.8) is 0 Å². The summed E-state index contributed by atoms with van der Waals surface area (Å²) in [6, 6.07) is 3.55. The van der Waals surface area contributed by atoms with Gasteiger partial charge in [0.2, 0.25) is 5.91 Å². The van der Waals surface area contributed by atoms with Crippen LogP contribution < -0.4 is 10.5 Å². The Kier molecular flexibility index (Phi) is 2.93. The number of amides is 1. The number of primary amides is 1. The van der Waals surface area contributed by atoms with Crippen LogP contribution in [0.3, 0.4) is 0 Å².